The summed E-state index contributed by atoms with van der Waals surface area (Å²) in [4.78, 5) is 22.9. The first-order valence-electron chi connectivity index (χ1n) is 9.30. The summed E-state index contributed by atoms with van der Waals surface area (Å²) >= 11 is 0. The number of aromatic nitrogens is 1. The molecule has 1 aromatic carbocycles. The molecule has 6 nitrogen and oxygen atoms in total. The van der Waals surface area contributed by atoms with Gasteiger partial charge in [-0.2, -0.15) is 0 Å². The van der Waals surface area contributed by atoms with Crippen LogP contribution in [0.2, 0.25) is 0 Å². The zero-order valence-corrected chi connectivity index (χ0v) is 16.4. The van der Waals surface area contributed by atoms with E-state index in [1.807, 2.05) is 32.2 Å². The average molecular weight is 367 g/mol. The molecule has 0 fully saturated rings. The fourth-order valence-electron chi connectivity index (χ4n) is 2.45. The zero-order valence-electron chi connectivity index (χ0n) is 16.4. The van der Waals surface area contributed by atoms with Crippen LogP contribution < -0.4 is 10.6 Å². The third-order valence-electron chi connectivity index (χ3n) is 4.15. The number of likely N-dealkylation sites (N-methyl/N-ethyl adjacent to an activating group) is 1. The van der Waals surface area contributed by atoms with Gasteiger partial charge in [0.05, 0.1) is 13.1 Å². The van der Waals surface area contributed by atoms with Crippen LogP contribution in [-0.4, -0.2) is 48.4 Å². The molecule has 0 radical (unpaired) electrons. The third-order valence-corrected chi connectivity index (χ3v) is 4.15. The number of carbonyl (C=O) groups excluding carboxylic acids is 1. The lowest BCUT2D eigenvalue weighted by Gasteiger charge is -2.18. The highest BCUT2D eigenvalue weighted by Crippen LogP contribution is 2.04. The Labute approximate surface area is 161 Å². The molecule has 2 N–H and O–H groups in total. The maximum atomic E-state index is 12.3. The van der Waals surface area contributed by atoms with Crippen molar-refractivity contribution in [1.82, 2.24) is 20.5 Å². The van der Waals surface area contributed by atoms with Crippen LogP contribution >= 0.6 is 0 Å². The Kier molecular flexibility index (Phi) is 8.29. The maximum Gasteiger partial charge on any atom is 0.241 e. The second-order valence-electron chi connectivity index (χ2n) is 6.42. The zero-order chi connectivity index (χ0) is 19.5. The second kappa shape index (κ2) is 11.0. The summed E-state index contributed by atoms with van der Waals surface area (Å²) in [6.45, 7) is 6.22. The monoisotopic (exact) mass is 367 g/mol. The molecular weight excluding hydrogens is 338 g/mol. The Morgan fingerprint density at radius 1 is 1.15 bits per heavy atom. The van der Waals surface area contributed by atoms with Gasteiger partial charge in [-0.05, 0) is 31.5 Å². The van der Waals surface area contributed by atoms with Crippen LogP contribution in [0.1, 0.15) is 23.7 Å². The number of aryl methyl sites for hydroxylation is 1. The summed E-state index contributed by atoms with van der Waals surface area (Å²) < 4.78 is 0. The summed E-state index contributed by atoms with van der Waals surface area (Å²) in [6, 6.07) is 14.1. The predicted octanol–water partition coefficient (Wildman–Crippen LogP) is 2.15. The molecule has 0 spiro atoms. The molecule has 0 atom stereocenters. The highest BCUT2D eigenvalue weighted by molar-refractivity contribution is 5.86. The molecule has 27 heavy (non-hydrogen) atoms. The van der Waals surface area contributed by atoms with Crippen molar-refractivity contribution in [2.75, 3.05) is 26.7 Å². The van der Waals surface area contributed by atoms with Crippen molar-refractivity contribution in [3.8, 4) is 0 Å². The van der Waals surface area contributed by atoms with Crippen molar-refractivity contribution in [3.63, 3.8) is 0 Å². The molecule has 144 valence electrons. The van der Waals surface area contributed by atoms with Gasteiger partial charge in [0.1, 0.15) is 0 Å². The van der Waals surface area contributed by atoms with E-state index in [1.54, 1.807) is 11.1 Å². The van der Waals surface area contributed by atoms with E-state index in [-0.39, 0.29) is 12.5 Å². The Morgan fingerprint density at radius 3 is 2.59 bits per heavy atom. The number of rotatable bonds is 8. The number of carbonyl (C=O) groups is 1. The molecule has 0 bridgehead atoms. The molecule has 1 heterocycles. The van der Waals surface area contributed by atoms with E-state index in [9.17, 15) is 4.79 Å². The number of benzene rings is 1. The largest absolute Gasteiger partial charge is 0.357 e. The molecule has 1 amide bonds. The van der Waals surface area contributed by atoms with Gasteiger partial charge < -0.3 is 15.5 Å². The van der Waals surface area contributed by atoms with Gasteiger partial charge in [-0.25, -0.2) is 4.99 Å². The molecule has 0 saturated heterocycles. The molecular formula is C21H29N5O. The number of guanidine groups is 1. The van der Waals surface area contributed by atoms with E-state index >= 15 is 0 Å². The normalized spacial score (nSPS) is 11.1. The Morgan fingerprint density at radius 2 is 1.93 bits per heavy atom. The fourth-order valence-corrected chi connectivity index (χ4v) is 2.45. The molecule has 1 aromatic heterocycles. The van der Waals surface area contributed by atoms with Gasteiger partial charge in [-0.15, -0.1) is 0 Å². The topological polar surface area (TPSA) is 69.6 Å². The number of aliphatic imine (C=N–C) groups is 1. The highest BCUT2D eigenvalue weighted by Gasteiger charge is 2.10. The van der Waals surface area contributed by atoms with Crippen molar-refractivity contribution in [1.29, 1.82) is 0 Å². The minimum Gasteiger partial charge on any atom is -0.357 e. The fraction of sp³-hybridized carbons (Fsp3) is 0.381. The standard InChI is InChI=1S/C21H29N5O/c1-4-22-21(24-15-18-10-8-17(2)9-11-18)25-16-20(27)26(3)14-12-19-7-5-6-13-23-19/h5-11,13H,4,12,14-16H2,1-3H3,(H2,22,24,25). The van der Waals surface area contributed by atoms with E-state index < -0.39 is 0 Å². The van der Waals surface area contributed by atoms with Crippen LogP contribution in [0.25, 0.3) is 0 Å². The van der Waals surface area contributed by atoms with E-state index in [2.05, 4.69) is 51.8 Å². The lowest BCUT2D eigenvalue weighted by atomic mass is 10.1. The van der Waals surface area contributed by atoms with E-state index in [0.717, 1.165) is 24.2 Å². The lowest BCUT2D eigenvalue weighted by molar-refractivity contribution is -0.128. The average Bonchev–Trinajstić information content (AvgIpc) is 2.70. The third kappa shape index (κ3) is 7.48. The van der Waals surface area contributed by atoms with Gasteiger partial charge in [0, 0.05) is 38.4 Å². The number of amides is 1. The van der Waals surface area contributed by atoms with Gasteiger partial charge in [0.25, 0.3) is 0 Å². The summed E-state index contributed by atoms with van der Waals surface area (Å²) in [5, 5.41) is 6.29. The molecule has 0 aliphatic heterocycles. The number of hydrogen-bond acceptors (Lipinski definition) is 3. The Bertz CT molecular complexity index is 728. The van der Waals surface area contributed by atoms with Crippen molar-refractivity contribution in [3.05, 3.63) is 65.5 Å². The molecule has 2 aromatic rings. The molecule has 6 heteroatoms. The second-order valence-corrected chi connectivity index (χ2v) is 6.42. The van der Waals surface area contributed by atoms with Crippen LogP contribution in [0.4, 0.5) is 0 Å². The summed E-state index contributed by atoms with van der Waals surface area (Å²) in [5.74, 6) is 0.663. The molecule has 0 aliphatic carbocycles. The van der Waals surface area contributed by atoms with Crippen LogP contribution in [-0.2, 0) is 17.8 Å². The lowest BCUT2D eigenvalue weighted by Crippen LogP contribution is -2.44. The minimum absolute atomic E-state index is 0.0203. The van der Waals surface area contributed by atoms with E-state index in [0.29, 0.717) is 19.0 Å². The van der Waals surface area contributed by atoms with Crippen LogP contribution in [0.5, 0.6) is 0 Å². The molecule has 0 saturated carbocycles. The van der Waals surface area contributed by atoms with Crippen molar-refractivity contribution < 1.29 is 4.79 Å². The number of nitrogens with zero attached hydrogens (tertiary/aromatic N) is 3. The van der Waals surface area contributed by atoms with Gasteiger partial charge in [-0.3, -0.25) is 9.78 Å². The highest BCUT2D eigenvalue weighted by atomic mass is 16.2. The molecule has 0 aliphatic rings. The van der Waals surface area contributed by atoms with Gasteiger partial charge in [-0.1, -0.05) is 35.9 Å². The predicted molar refractivity (Wildman–Crippen MR) is 110 cm³/mol. The Hall–Kier alpha value is -2.89. The van der Waals surface area contributed by atoms with E-state index in [1.165, 1.54) is 5.56 Å². The van der Waals surface area contributed by atoms with E-state index in [4.69, 9.17) is 0 Å². The number of pyridine rings is 1. The quantitative estimate of drug-likeness (QED) is 0.554. The van der Waals surface area contributed by atoms with Crippen LogP contribution in [0.15, 0.2) is 53.7 Å². The molecule has 0 unspecified atom stereocenters. The Balaban J connectivity index is 1.81. The van der Waals surface area contributed by atoms with Crippen LogP contribution in [0.3, 0.4) is 0 Å². The van der Waals surface area contributed by atoms with Crippen molar-refractivity contribution >= 4 is 11.9 Å². The number of nitrogens with one attached hydrogen (secondary N) is 2. The summed E-state index contributed by atoms with van der Waals surface area (Å²) in [7, 11) is 1.81. The SMILES string of the molecule is CCNC(=NCc1ccc(C)cc1)NCC(=O)N(C)CCc1ccccn1. The molecule has 2 rings (SSSR count). The first-order valence-corrected chi connectivity index (χ1v) is 9.30. The minimum atomic E-state index is 0.0203. The van der Waals surface area contributed by atoms with Crippen molar-refractivity contribution in [2.45, 2.75) is 26.8 Å². The summed E-state index contributed by atoms with van der Waals surface area (Å²) in [5.41, 5.74) is 3.35. The van der Waals surface area contributed by atoms with Gasteiger partial charge in [0.2, 0.25) is 5.91 Å². The smallest absolute Gasteiger partial charge is 0.241 e. The van der Waals surface area contributed by atoms with Gasteiger partial charge in [0.15, 0.2) is 5.96 Å². The van der Waals surface area contributed by atoms with Gasteiger partial charge >= 0.3 is 0 Å². The first kappa shape index (κ1) is 20.4. The van der Waals surface area contributed by atoms with Crippen molar-refractivity contribution in [2.24, 2.45) is 4.99 Å². The maximum absolute atomic E-state index is 12.3. The number of hydrogen-bond donors (Lipinski definition) is 2. The first-order chi connectivity index (χ1) is 13.1. The van der Waals surface area contributed by atoms with Crippen LogP contribution in [0, 0.1) is 6.92 Å². The summed E-state index contributed by atoms with van der Waals surface area (Å²) in [6.07, 6.45) is 2.51.